The van der Waals surface area contributed by atoms with E-state index in [1.54, 1.807) is 6.20 Å². The molecule has 2 aliphatic rings. The fraction of sp³-hybridized carbons (Fsp3) is 0.217. The molecule has 0 radical (unpaired) electrons. The quantitative estimate of drug-likeness (QED) is 0.419. The van der Waals surface area contributed by atoms with Crippen molar-refractivity contribution in [2.45, 2.75) is 18.5 Å². The summed E-state index contributed by atoms with van der Waals surface area (Å²) in [6, 6.07) is 9.24. The molecule has 3 N–H and O–H groups in total. The first-order valence-corrected chi connectivity index (χ1v) is 11.3. The number of alkyl halides is 1. The lowest BCUT2D eigenvalue weighted by molar-refractivity contribution is -0.122. The predicted octanol–water partition coefficient (Wildman–Crippen LogP) is 3.15. The van der Waals surface area contributed by atoms with Crippen LogP contribution >= 0.6 is 11.3 Å². The summed E-state index contributed by atoms with van der Waals surface area (Å²) in [6.45, 7) is 0.909. The number of aromatic nitrogens is 3. The second-order valence-corrected chi connectivity index (χ2v) is 8.88. The Bertz CT molecular complexity index is 1440. The minimum atomic E-state index is -1.12. The fourth-order valence-corrected chi connectivity index (χ4v) is 5.42. The molecule has 1 saturated heterocycles. The van der Waals surface area contributed by atoms with Gasteiger partial charge in [-0.05, 0) is 30.5 Å². The molecule has 1 fully saturated rings. The number of thiophene rings is 1. The molecule has 0 bridgehead atoms. The lowest BCUT2D eigenvalue weighted by atomic mass is 9.94. The van der Waals surface area contributed by atoms with Gasteiger partial charge < -0.3 is 10.3 Å². The van der Waals surface area contributed by atoms with Crippen LogP contribution in [-0.2, 0) is 9.59 Å². The number of imide groups is 1. The maximum absolute atomic E-state index is 14.7. The van der Waals surface area contributed by atoms with Crippen LogP contribution in [0.15, 0.2) is 41.9 Å². The summed E-state index contributed by atoms with van der Waals surface area (Å²) in [6.07, 6.45) is 1.17. The van der Waals surface area contributed by atoms with Crippen LogP contribution in [0.1, 0.15) is 29.4 Å². The summed E-state index contributed by atoms with van der Waals surface area (Å²) in [5.74, 6) is -1.08. The fourth-order valence-electron chi connectivity index (χ4n) is 4.53. The monoisotopic (exact) mass is 447 g/mol. The second-order valence-electron chi connectivity index (χ2n) is 7.96. The number of rotatable bonds is 3. The average Bonchev–Trinajstić information content (AvgIpc) is 3.48. The number of hydrogen-bond donors (Lipinski definition) is 3. The molecule has 3 aromatic heterocycles. The summed E-state index contributed by atoms with van der Waals surface area (Å²) in [5, 5.41) is 8.05. The van der Waals surface area contributed by atoms with Gasteiger partial charge in [0.25, 0.3) is 11.8 Å². The summed E-state index contributed by atoms with van der Waals surface area (Å²) in [7, 11) is 0. The van der Waals surface area contributed by atoms with Gasteiger partial charge in [-0.1, -0.05) is 18.2 Å². The number of benzene rings is 1. The van der Waals surface area contributed by atoms with Crippen molar-refractivity contribution in [1.82, 2.24) is 25.6 Å². The Labute approximate surface area is 185 Å². The Morgan fingerprint density at radius 3 is 2.78 bits per heavy atom. The molecule has 6 rings (SSSR count). The van der Waals surface area contributed by atoms with Crippen molar-refractivity contribution in [3.63, 3.8) is 0 Å². The highest BCUT2D eigenvalue weighted by Crippen LogP contribution is 2.39. The van der Waals surface area contributed by atoms with Crippen LogP contribution < -0.4 is 10.6 Å². The number of fused-ring (bicyclic) bond motifs is 2. The first kappa shape index (κ1) is 19.3. The van der Waals surface area contributed by atoms with Crippen molar-refractivity contribution in [1.29, 1.82) is 0 Å². The predicted molar refractivity (Wildman–Crippen MR) is 121 cm³/mol. The van der Waals surface area contributed by atoms with E-state index in [4.69, 9.17) is 4.98 Å². The molecule has 1 aromatic carbocycles. The zero-order chi connectivity index (χ0) is 21.8. The third-order valence-corrected chi connectivity index (χ3v) is 7.03. The van der Waals surface area contributed by atoms with Gasteiger partial charge in [-0.25, -0.2) is 14.4 Å². The van der Waals surface area contributed by atoms with E-state index in [0.717, 1.165) is 10.2 Å². The maximum Gasteiger partial charge on any atom is 0.261 e. The van der Waals surface area contributed by atoms with Crippen molar-refractivity contribution >= 4 is 55.4 Å². The van der Waals surface area contributed by atoms with Crippen molar-refractivity contribution in [3.05, 3.63) is 59.0 Å². The van der Waals surface area contributed by atoms with Gasteiger partial charge in [0.1, 0.15) is 12.0 Å². The average molecular weight is 447 g/mol. The first-order chi connectivity index (χ1) is 15.6. The van der Waals surface area contributed by atoms with Gasteiger partial charge in [0, 0.05) is 23.7 Å². The van der Waals surface area contributed by atoms with Gasteiger partial charge in [-0.2, -0.15) is 0 Å². The highest BCUT2D eigenvalue weighted by Gasteiger charge is 2.37. The van der Waals surface area contributed by atoms with E-state index >= 15 is 0 Å². The van der Waals surface area contributed by atoms with E-state index in [9.17, 15) is 14.0 Å². The number of halogens is 1. The summed E-state index contributed by atoms with van der Waals surface area (Å²) >= 11 is 1.49. The normalized spacial score (nSPS) is 21.7. The lowest BCUT2D eigenvalue weighted by Gasteiger charge is -2.26. The molecule has 2 atom stereocenters. The molecule has 2 unspecified atom stereocenters. The maximum atomic E-state index is 14.7. The number of para-hydroxylation sites is 1. The molecule has 4 aromatic rings. The van der Waals surface area contributed by atoms with E-state index < -0.39 is 23.9 Å². The molecule has 9 heteroatoms. The van der Waals surface area contributed by atoms with E-state index in [0.29, 0.717) is 41.0 Å². The zero-order valence-corrected chi connectivity index (χ0v) is 17.6. The van der Waals surface area contributed by atoms with Gasteiger partial charge in [0.2, 0.25) is 0 Å². The number of aromatic amines is 1. The lowest BCUT2D eigenvalue weighted by Crippen LogP contribution is -2.37. The van der Waals surface area contributed by atoms with E-state index in [-0.39, 0.29) is 17.7 Å². The van der Waals surface area contributed by atoms with Crippen LogP contribution in [0.5, 0.6) is 0 Å². The number of H-pyrrole nitrogens is 1. The van der Waals surface area contributed by atoms with Crippen molar-refractivity contribution < 1.29 is 14.0 Å². The van der Waals surface area contributed by atoms with Gasteiger partial charge in [0.05, 0.1) is 38.5 Å². The van der Waals surface area contributed by atoms with Gasteiger partial charge in [-0.15, -0.1) is 11.3 Å². The molecular formula is C23H18FN5O2S. The Morgan fingerprint density at radius 2 is 1.91 bits per heavy atom. The van der Waals surface area contributed by atoms with Gasteiger partial charge >= 0.3 is 0 Å². The Balaban J connectivity index is 1.63. The van der Waals surface area contributed by atoms with Crippen LogP contribution in [-0.4, -0.2) is 46.0 Å². The molecule has 2 amide bonds. The number of nitrogens with one attached hydrogen (secondary N) is 3. The van der Waals surface area contributed by atoms with Crippen molar-refractivity contribution in [2.75, 3.05) is 13.1 Å². The third-order valence-electron chi connectivity index (χ3n) is 6.08. The van der Waals surface area contributed by atoms with Crippen molar-refractivity contribution in [2.24, 2.45) is 0 Å². The van der Waals surface area contributed by atoms with E-state index in [1.165, 1.54) is 11.3 Å². The van der Waals surface area contributed by atoms with Gasteiger partial charge in [-0.3, -0.25) is 14.9 Å². The number of hydrogen-bond acceptors (Lipinski definition) is 6. The van der Waals surface area contributed by atoms with Crippen LogP contribution in [0.25, 0.3) is 32.3 Å². The minimum absolute atomic E-state index is 0.202. The molecule has 5 heterocycles. The highest BCUT2D eigenvalue weighted by atomic mass is 32.1. The molecule has 0 aliphatic carbocycles. The SMILES string of the molecule is O=C1NC(=O)C(c2c[nH]c3ccsc23)=C1c1nc(C2CCNCC2F)nc2ccccc12. The second kappa shape index (κ2) is 7.32. The van der Waals surface area contributed by atoms with E-state index in [1.807, 2.05) is 35.7 Å². The minimum Gasteiger partial charge on any atom is -0.360 e. The van der Waals surface area contributed by atoms with Crippen molar-refractivity contribution in [3.8, 4) is 0 Å². The molecule has 0 saturated carbocycles. The highest BCUT2D eigenvalue weighted by molar-refractivity contribution is 7.17. The molecular weight excluding hydrogens is 429 g/mol. The standard InChI is InChI=1S/C23H18FN5O2S/c24-14-10-25-7-5-11(14)21-27-15-4-2-1-3-12(15)19(28-21)18-17(22(30)29-23(18)31)13-9-26-16-6-8-32-20(13)16/h1-4,6,8-9,11,14,25-26H,5,7,10H2,(H,29,30,31). The number of carbonyl (C=O) groups is 2. The Hall–Kier alpha value is -3.43. The third kappa shape index (κ3) is 2.89. The molecule has 7 nitrogen and oxygen atoms in total. The summed E-state index contributed by atoms with van der Waals surface area (Å²) < 4.78 is 15.6. The molecule has 0 spiro atoms. The smallest absolute Gasteiger partial charge is 0.261 e. The molecule has 2 aliphatic heterocycles. The van der Waals surface area contributed by atoms with Gasteiger partial charge in [0.15, 0.2) is 0 Å². The summed E-state index contributed by atoms with van der Waals surface area (Å²) in [4.78, 5) is 38.4. The largest absolute Gasteiger partial charge is 0.360 e. The number of nitrogens with zero attached hydrogens (tertiary/aromatic N) is 2. The number of carbonyl (C=O) groups excluding carboxylic acids is 2. The Morgan fingerprint density at radius 1 is 1.06 bits per heavy atom. The first-order valence-electron chi connectivity index (χ1n) is 10.4. The van der Waals surface area contributed by atoms with Crippen LogP contribution in [0.4, 0.5) is 4.39 Å². The van der Waals surface area contributed by atoms with Crippen LogP contribution in [0, 0.1) is 0 Å². The summed E-state index contributed by atoms with van der Waals surface area (Å²) in [5.41, 5.74) is 3.01. The van der Waals surface area contributed by atoms with E-state index in [2.05, 4.69) is 20.6 Å². The van der Waals surface area contributed by atoms with Crippen LogP contribution in [0.3, 0.4) is 0 Å². The number of amides is 2. The topological polar surface area (TPSA) is 99.8 Å². The Kier molecular flexibility index (Phi) is 4.41. The zero-order valence-electron chi connectivity index (χ0n) is 16.8. The number of piperidine rings is 1. The molecule has 32 heavy (non-hydrogen) atoms. The molecule has 160 valence electrons. The van der Waals surface area contributed by atoms with Crippen LogP contribution in [0.2, 0.25) is 0 Å².